The Morgan fingerprint density at radius 1 is 0.884 bits per heavy atom. The molecule has 3 aromatic carbocycles. The van der Waals surface area contributed by atoms with Gasteiger partial charge in [0.15, 0.2) is 6.29 Å². The highest BCUT2D eigenvalue weighted by atomic mass is 16.6. The fourth-order valence-corrected chi connectivity index (χ4v) is 6.45. The lowest BCUT2D eigenvalue weighted by Gasteiger charge is -2.36. The molecular formula is C37H40O6. The molecule has 0 bridgehead atoms. The van der Waals surface area contributed by atoms with Crippen LogP contribution in [0, 0.1) is 11.8 Å². The van der Waals surface area contributed by atoms with Crippen molar-refractivity contribution in [2.45, 2.75) is 70.9 Å². The van der Waals surface area contributed by atoms with Gasteiger partial charge in [-0.05, 0) is 87.8 Å². The van der Waals surface area contributed by atoms with Crippen LogP contribution in [0.5, 0.6) is 5.75 Å². The number of carbonyl (C=O) groups excluding carboxylic acids is 1. The molecule has 6 nitrogen and oxygen atoms in total. The van der Waals surface area contributed by atoms with Gasteiger partial charge >= 0.3 is 5.97 Å². The molecule has 0 spiro atoms. The second kappa shape index (κ2) is 12.0. The zero-order chi connectivity index (χ0) is 30.1. The zero-order valence-electron chi connectivity index (χ0n) is 25.3. The summed E-state index contributed by atoms with van der Waals surface area (Å²) >= 11 is 0. The van der Waals surface area contributed by atoms with Crippen LogP contribution in [0.2, 0.25) is 0 Å². The molecule has 0 amide bonds. The summed E-state index contributed by atoms with van der Waals surface area (Å²) in [5, 5.41) is 12.7. The number of esters is 1. The molecule has 6 rings (SSSR count). The number of aliphatic hydroxyl groups is 1. The Balaban J connectivity index is 1.16. The van der Waals surface area contributed by atoms with E-state index in [1.807, 2.05) is 51.1 Å². The Bertz CT molecular complexity index is 1670. The van der Waals surface area contributed by atoms with Gasteiger partial charge in [0.05, 0.1) is 12.0 Å². The lowest BCUT2D eigenvalue weighted by atomic mass is 9.79. The number of para-hydroxylation sites is 2. The van der Waals surface area contributed by atoms with Crippen LogP contribution in [0.4, 0.5) is 0 Å². The second-order valence-electron chi connectivity index (χ2n) is 12.8. The highest BCUT2D eigenvalue weighted by Gasteiger charge is 2.39. The monoisotopic (exact) mass is 580 g/mol. The third kappa shape index (κ3) is 6.41. The van der Waals surface area contributed by atoms with Crippen LogP contribution >= 0.6 is 0 Å². The molecule has 0 aliphatic heterocycles. The first-order chi connectivity index (χ1) is 20.7. The van der Waals surface area contributed by atoms with Gasteiger partial charge in [-0.1, -0.05) is 60.7 Å². The van der Waals surface area contributed by atoms with E-state index >= 15 is 0 Å². The van der Waals surface area contributed by atoms with Crippen molar-refractivity contribution in [2.75, 3.05) is 7.11 Å². The van der Waals surface area contributed by atoms with Gasteiger partial charge in [-0.25, -0.2) is 0 Å². The summed E-state index contributed by atoms with van der Waals surface area (Å²) in [6.45, 7) is 5.60. The number of allylic oxidation sites excluding steroid dienone is 4. The zero-order valence-corrected chi connectivity index (χ0v) is 25.3. The lowest BCUT2D eigenvalue weighted by Crippen LogP contribution is -2.41. The number of aliphatic hydroxyl groups excluding tert-OH is 1. The average Bonchev–Trinajstić information content (AvgIpc) is 3.39. The predicted molar refractivity (Wildman–Crippen MR) is 169 cm³/mol. The van der Waals surface area contributed by atoms with Gasteiger partial charge in [-0.3, -0.25) is 4.79 Å². The van der Waals surface area contributed by atoms with Crippen LogP contribution in [0.3, 0.4) is 0 Å². The maximum absolute atomic E-state index is 12.9. The van der Waals surface area contributed by atoms with Gasteiger partial charge in [-0.2, -0.15) is 0 Å². The van der Waals surface area contributed by atoms with Crippen molar-refractivity contribution in [2.24, 2.45) is 11.8 Å². The smallest absolute Gasteiger partial charge is 0.309 e. The van der Waals surface area contributed by atoms with Gasteiger partial charge in [0.1, 0.15) is 22.5 Å². The Morgan fingerprint density at radius 2 is 1.60 bits per heavy atom. The van der Waals surface area contributed by atoms with Crippen LogP contribution in [-0.2, 0) is 14.3 Å². The van der Waals surface area contributed by atoms with Crippen LogP contribution in [0.1, 0.15) is 64.0 Å². The van der Waals surface area contributed by atoms with Crippen molar-refractivity contribution in [1.29, 1.82) is 0 Å². The number of ether oxygens (including phenoxy) is 3. The first-order valence-electron chi connectivity index (χ1n) is 15.2. The number of hydrogen-bond donors (Lipinski definition) is 1. The van der Waals surface area contributed by atoms with E-state index in [-0.39, 0.29) is 23.9 Å². The molecular weight excluding hydrogens is 540 g/mol. The van der Waals surface area contributed by atoms with Crippen LogP contribution in [-0.4, -0.2) is 36.2 Å². The number of carbonyl (C=O) groups is 1. The Morgan fingerprint density at radius 3 is 2.33 bits per heavy atom. The first kappa shape index (κ1) is 29.2. The van der Waals surface area contributed by atoms with Crippen LogP contribution in [0.15, 0.2) is 83.3 Å². The number of methoxy groups -OCH3 is 1. The number of hydrogen-bond acceptors (Lipinski definition) is 6. The fourth-order valence-electron chi connectivity index (χ4n) is 6.45. The van der Waals surface area contributed by atoms with E-state index in [9.17, 15) is 9.90 Å². The van der Waals surface area contributed by atoms with Crippen molar-refractivity contribution >= 4 is 39.1 Å². The van der Waals surface area contributed by atoms with Gasteiger partial charge in [0.2, 0.25) is 0 Å². The van der Waals surface area contributed by atoms with Crippen molar-refractivity contribution in [3.63, 3.8) is 0 Å². The highest BCUT2D eigenvalue weighted by Crippen LogP contribution is 2.39. The summed E-state index contributed by atoms with van der Waals surface area (Å²) in [4.78, 5) is 12.9. The van der Waals surface area contributed by atoms with E-state index in [4.69, 9.17) is 18.6 Å². The minimum Gasteiger partial charge on any atom is -0.490 e. The van der Waals surface area contributed by atoms with Crippen LogP contribution in [0.25, 0.3) is 33.1 Å². The Kier molecular flexibility index (Phi) is 8.17. The third-order valence-corrected chi connectivity index (χ3v) is 8.51. The minimum atomic E-state index is -0.950. The van der Waals surface area contributed by atoms with E-state index in [0.29, 0.717) is 19.3 Å². The predicted octanol–water partition coefficient (Wildman–Crippen LogP) is 8.32. The molecule has 1 heterocycles. The molecule has 224 valence electrons. The molecule has 0 saturated heterocycles. The van der Waals surface area contributed by atoms with E-state index in [0.717, 1.165) is 51.7 Å². The number of fused-ring (bicyclic) bond motifs is 3. The second-order valence-corrected chi connectivity index (χ2v) is 12.8. The van der Waals surface area contributed by atoms with E-state index < -0.39 is 11.9 Å². The number of furan rings is 1. The largest absolute Gasteiger partial charge is 0.490 e. The van der Waals surface area contributed by atoms with E-state index in [1.165, 1.54) is 18.3 Å². The van der Waals surface area contributed by atoms with Crippen molar-refractivity contribution in [3.05, 3.63) is 90.0 Å². The minimum absolute atomic E-state index is 0.209. The molecule has 0 radical (unpaired) electrons. The number of benzene rings is 3. The average molecular weight is 581 g/mol. The Hall–Kier alpha value is -3.87. The third-order valence-electron chi connectivity index (χ3n) is 8.51. The summed E-state index contributed by atoms with van der Waals surface area (Å²) in [5.74, 6) is -0.0729. The molecule has 2 aliphatic carbocycles. The summed E-state index contributed by atoms with van der Waals surface area (Å²) in [5.41, 5.74) is 6.16. The molecule has 4 atom stereocenters. The summed E-state index contributed by atoms with van der Waals surface area (Å²) in [6.07, 6.45) is 6.76. The maximum Gasteiger partial charge on any atom is 0.309 e. The van der Waals surface area contributed by atoms with Gasteiger partial charge in [0.25, 0.3) is 0 Å². The lowest BCUT2D eigenvalue weighted by molar-refractivity contribution is -0.169. The standard InChI is InChI=1S/C37H40O6/c1-37(2,3)43-36(39)27-20-26(35(38)40-4)21-29(22-27)41-28-18-16-24(17-19-28)23-12-14-25(15-13-23)30-9-7-10-32-31-8-5-6-11-33(31)42-34(30)32/h5-12,14,16-19,26-27,29,35,38H,13,15,20-22H2,1-4H3. The van der Waals surface area contributed by atoms with E-state index in [2.05, 4.69) is 48.6 Å². The quantitative estimate of drug-likeness (QED) is 0.175. The number of rotatable bonds is 7. The molecule has 1 saturated carbocycles. The summed E-state index contributed by atoms with van der Waals surface area (Å²) < 4.78 is 23.5. The van der Waals surface area contributed by atoms with Crippen molar-refractivity contribution in [1.82, 2.24) is 0 Å². The normalized spacial score (nSPS) is 21.7. The molecule has 2 aliphatic rings. The van der Waals surface area contributed by atoms with E-state index in [1.54, 1.807) is 0 Å². The summed E-state index contributed by atoms with van der Waals surface area (Å²) in [7, 11) is 1.48. The fraction of sp³-hybridized carbons (Fsp3) is 0.378. The SMILES string of the molecule is COC(O)C1CC(Oc2ccc(C3=CC=C(c4cccc5c4oc4ccccc45)CC3)cc2)CC(C(=O)OC(C)(C)C)C1. The molecule has 1 aromatic heterocycles. The van der Waals surface area contributed by atoms with Gasteiger partial charge < -0.3 is 23.7 Å². The van der Waals surface area contributed by atoms with Crippen molar-refractivity contribution < 1.29 is 28.5 Å². The molecule has 1 N–H and O–H groups in total. The molecule has 4 aromatic rings. The molecule has 43 heavy (non-hydrogen) atoms. The molecule has 4 unspecified atom stereocenters. The van der Waals surface area contributed by atoms with Gasteiger partial charge in [0, 0.05) is 29.4 Å². The highest BCUT2D eigenvalue weighted by molar-refractivity contribution is 6.08. The van der Waals surface area contributed by atoms with Gasteiger partial charge in [-0.15, -0.1) is 0 Å². The van der Waals surface area contributed by atoms with Crippen LogP contribution < -0.4 is 4.74 Å². The molecule has 6 heteroatoms. The molecule has 1 fully saturated rings. The van der Waals surface area contributed by atoms with Crippen molar-refractivity contribution in [3.8, 4) is 5.75 Å². The topological polar surface area (TPSA) is 78.1 Å². The Labute approximate surface area is 252 Å². The maximum atomic E-state index is 12.9. The summed E-state index contributed by atoms with van der Waals surface area (Å²) in [6, 6.07) is 22.7. The first-order valence-corrected chi connectivity index (χ1v) is 15.2.